The van der Waals surface area contributed by atoms with E-state index in [0.29, 0.717) is 35.5 Å². The van der Waals surface area contributed by atoms with E-state index in [9.17, 15) is 4.79 Å². The number of amides is 1. The minimum absolute atomic E-state index is 0.0305. The second-order valence-corrected chi connectivity index (χ2v) is 6.62. The van der Waals surface area contributed by atoms with Gasteiger partial charge in [-0.25, -0.2) is 0 Å². The highest BCUT2D eigenvalue weighted by Crippen LogP contribution is 2.28. The van der Waals surface area contributed by atoms with E-state index in [4.69, 9.17) is 16.1 Å². The van der Waals surface area contributed by atoms with Crippen LogP contribution >= 0.6 is 11.6 Å². The van der Waals surface area contributed by atoms with Gasteiger partial charge in [-0.15, -0.1) is 0 Å². The van der Waals surface area contributed by atoms with E-state index in [1.165, 1.54) is 6.20 Å². The lowest BCUT2D eigenvalue weighted by Crippen LogP contribution is -2.39. The standard InChI is InChI=1S/C17H17ClN6O2/c18-13-9-20-24(10-13)11-15(25)23-7-4-12(5-8-23)17-21-16(22-26-17)14-3-1-2-6-19-14/h1-3,6,9-10,12H,4-5,7-8,11H2. The van der Waals surface area contributed by atoms with Crippen LogP contribution in [-0.2, 0) is 11.3 Å². The van der Waals surface area contributed by atoms with Gasteiger partial charge in [-0.2, -0.15) is 10.1 Å². The van der Waals surface area contributed by atoms with Crippen LogP contribution < -0.4 is 0 Å². The first-order valence-electron chi connectivity index (χ1n) is 8.40. The van der Waals surface area contributed by atoms with Gasteiger partial charge in [-0.1, -0.05) is 22.8 Å². The fraction of sp³-hybridized carbons (Fsp3) is 0.353. The summed E-state index contributed by atoms with van der Waals surface area (Å²) in [6.07, 6.45) is 6.44. The molecular formula is C17H17ClN6O2. The maximum absolute atomic E-state index is 12.4. The molecule has 0 atom stereocenters. The third-order valence-corrected chi connectivity index (χ3v) is 4.63. The van der Waals surface area contributed by atoms with Crippen molar-refractivity contribution >= 4 is 17.5 Å². The number of carbonyl (C=O) groups is 1. The molecule has 26 heavy (non-hydrogen) atoms. The first kappa shape index (κ1) is 16.7. The topological polar surface area (TPSA) is 89.9 Å². The van der Waals surface area contributed by atoms with Crippen molar-refractivity contribution in [1.82, 2.24) is 29.8 Å². The Balaban J connectivity index is 1.35. The summed E-state index contributed by atoms with van der Waals surface area (Å²) in [5.41, 5.74) is 0.688. The van der Waals surface area contributed by atoms with Crippen molar-refractivity contribution in [1.29, 1.82) is 0 Å². The van der Waals surface area contributed by atoms with Crippen molar-refractivity contribution in [3.63, 3.8) is 0 Å². The zero-order valence-corrected chi connectivity index (χ0v) is 14.7. The van der Waals surface area contributed by atoms with Gasteiger partial charge in [0, 0.05) is 31.4 Å². The highest BCUT2D eigenvalue weighted by molar-refractivity contribution is 6.30. The molecule has 0 spiro atoms. The summed E-state index contributed by atoms with van der Waals surface area (Å²) in [7, 11) is 0. The number of carbonyl (C=O) groups excluding carboxylic acids is 1. The predicted molar refractivity (Wildman–Crippen MR) is 93.3 cm³/mol. The van der Waals surface area contributed by atoms with Gasteiger partial charge < -0.3 is 9.42 Å². The van der Waals surface area contributed by atoms with Crippen LogP contribution in [0.15, 0.2) is 41.3 Å². The normalized spacial score (nSPS) is 15.3. The molecule has 8 nitrogen and oxygen atoms in total. The molecule has 0 radical (unpaired) electrons. The number of hydrogen-bond donors (Lipinski definition) is 0. The maximum Gasteiger partial charge on any atom is 0.244 e. The van der Waals surface area contributed by atoms with E-state index >= 15 is 0 Å². The van der Waals surface area contributed by atoms with Crippen LogP contribution in [0.2, 0.25) is 5.02 Å². The predicted octanol–water partition coefficient (Wildman–Crippen LogP) is 2.39. The smallest absolute Gasteiger partial charge is 0.244 e. The molecule has 0 aromatic carbocycles. The summed E-state index contributed by atoms with van der Waals surface area (Å²) < 4.78 is 6.97. The molecule has 9 heteroatoms. The summed E-state index contributed by atoms with van der Waals surface area (Å²) in [6, 6.07) is 5.57. The lowest BCUT2D eigenvalue weighted by molar-refractivity contribution is -0.133. The number of likely N-dealkylation sites (tertiary alicyclic amines) is 1. The lowest BCUT2D eigenvalue weighted by Gasteiger charge is -2.30. The summed E-state index contributed by atoms with van der Waals surface area (Å²) in [5.74, 6) is 1.29. The van der Waals surface area contributed by atoms with Gasteiger partial charge in [-0.3, -0.25) is 14.5 Å². The SMILES string of the molecule is O=C(Cn1cc(Cl)cn1)N1CCC(c2nc(-c3ccccn3)no2)CC1. The molecule has 0 saturated carbocycles. The van der Waals surface area contributed by atoms with E-state index in [-0.39, 0.29) is 18.4 Å². The number of rotatable bonds is 4. The van der Waals surface area contributed by atoms with Crippen molar-refractivity contribution in [2.45, 2.75) is 25.3 Å². The number of aromatic nitrogens is 5. The van der Waals surface area contributed by atoms with Gasteiger partial charge in [0.15, 0.2) is 0 Å². The van der Waals surface area contributed by atoms with Crippen LogP contribution in [0, 0.1) is 0 Å². The van der Waals surface area contributed by atoms with Gasteiger partial charge in [0.05, 0.1) is 11.2 Å². The van der Waals surface area contributed by atoms with Crippen LogP contribution in [0.4, 0.5) is 0 Å². The molecular weight excluding hydrogens is 356 g/mol. The zero-order chi connectivity index (χ0) is 17.9. The Kier molecular flexibility index (Phi) is 4.66. The first-order chi connectivity index (χ1) is 12.7. The van der Waals surface area contributed by atoms with E-state index in [0.717, 1.165) is 12.8 Å². The molecule has 0 aliphatic carbocycles. The molecule has 0 unspecified atom stereocenters. The van der Waals surface area contributed by atoms with Crippen LogP contribution in [0.25, 0.3) is 11.5 Å². The number of halogens is 1. The highest BCUT2D eigenvalue weighted by Gasteiger charge is 2.28. The Bertz CT molecular complexity index is 886. The third-order valence-electron chi connectivity index (χ3n) is 4.43. The number of piperidine rings is 1. The molecule has 1 fully saturated rings. The largest absolute Gasteiger partial charge is 0.341 e. The van der Waals surface area contributed by atoms with Gasteiger partial charge in [0.2, 0.25) is 17.6 Å². The molecule has 3 aromatic heterocycles. The van der Waals surface area contributed by atoms with Gasteiger partial charge >= 0.3 is 0 Å². The molecule has 134 valence electrons. The van der Waals surface area contributed by atoms with Crippen molar-refractivity contribution in [2.24, 2.45) is 0 Å². The van der Waals surface area contributed by atoms with Crippen molar-refractivity contribution < 1.29 is 9.32 Å². The fourth-order valence-corrected chi connectivity index (χ4v) is 3.20. The Hall–Kier alpha value is -2.74. The van der Waals surface area contributed by atoms with Gasteiger partial charge in [0.25, 0.3) is 0 Å². The maximum atomic E-state index is 12.4. The Morgan fingerprint density at radius 1 is 1.31 bits per heavy atom. The van der Waals surface area contributed by atoms with E-state index in [2.05, 4.69) is 20.2 Å². The van der Waals surface area contributed by atoms with Crippen molar-refractivity contribution in [3.05, 3.63) is 47.7 Å². The van der Waals surface area contributed by atoms with Crippen LogP contribution in [0.1, 0.15) is 24.7 Å². The monoisotopic (exact) mass is 372 g/mol. The van der Waals surface area contributed by atoms with Crippen molar-refractivity contribution in [3.8, 4) is 11.5 Å². The summed E-state index contributed by atoms with van der Waals surface area (Å²) in [5, 5.41) is 8.59. The number of hydrogen-bond acceptors (Lipinski definition) is 6. The molecule has 1 aliphatic heterocycles. The van der Waals surface area contributed by atoms with Crippen LogP contribution in [0.3, 0.4) is 0 Å². The molecule has 1 aliphatic rings. The van der Waals surface area contributed by atoms with E-state index in [1.807, 2.05) is 23.1 Å². The summed E-state index contributed by atoms with van der Waals surface area (Å²) in [4.78, 5) is 22.9. The molecule has 3 aromatic rings. The first-order valence-corrected chi connectivity index (χ1v) is 8.77. The zero-order valence-electron chi connectivity index (χ0n) is 14.0. The molecule has 1 saturated heterocycles. The molecule has 4 rings (SSSR count). The average molecular weight is 373 g/mol. The second kappa shape index (κ2) is 7.25. The van der Waals surface area contributed by atoms with E-state index < -0.39 is 0 Å². The minimum atomic E-state index is 0.0305. The molecule has 0 bridgehead atoms. The van der Waals surface area contributed by atoms with E-state index in [1.54, 1.807) is 17.1 Å². The average Bonchev–Trinajstić information content (AvgIpc) is 3.32. The molecule has 4 heterocycles. The Morgan fingerprint density at radius 2 is 2.15 bits per heavy atom. The second-order valence-electron chi connectivity index (χ2n) is 6.18. The van der Waals surface area contributed by atoms with Crippen LogP contribution in [0.5, 0.6) is 0 Å². The van der Waals surface area contributed by atoms with Crippen molar-refractivity contribution in [2.75, 3.05) is 13.1 Å². The van der Waals surface area contributed by atoms with Gasteiger partial charge in [0.1, 0.15) is 12.2 Å². The van der Waals surface area contributed by atoms with Crippen LogP contribution in [-0.4, -0.2) is 48.8 Å². The fourth-order valence-electron chi connectivity index (χ4n) is 3.04. The summed E-state index contributed by atoms with van der Waals surface area (Å²) >= 11 is 5.83. The quantitative estimate of drug-likeness (QED) is 0.698. The number of pyridine rings is 1. The lowest BCUT2D eigenvalue weighted by atomic mass is 9.96. The highest BCUT2D eigenvalue weighted by atomic mass is 35.5. The minimum Gasteiger partial charge on any atom is -0.341 e. The molecule has 1 amide bonds. The Morgan fingerprint density at radius 3 is 2.85 bits per heavy atom. The molecule has 0 N–H and O–H groups in total. The number of nitrogens with zero attached hydrogens (tertiary/aromatic N) is 6. The summed E-state index contributed by atoms with van der Waals surface area (Å²) in [6.45, 7) is 1.50. The third kappa shape index (κ3) is 3.60. The van der Waals surface area contributed by atoms with Gasteiger partial charge in [-0.05, 0) is 25.0 Å². The Labute approximate surface area is 154 Å².